The molecule has 2 saturated heterocycles. The number of piperidine rings is 1. The molecule has 3 heterocycles. The van der Waals surface area contributed by atoms with Crippen molar-refractivity contribution in [2.24, 2.45) is 11.8 Å². The van der Waals surface area contributed by atoms with Crippen LogP contribution in [0.4, 0.5) is 0 Å². The lowest BCUT2D eigenvalue weighted by Gasteiger charge is -2.40. The third kappa shape index (κ3) is 6.35. The van der Waals surface area contributed by atoms with E-state index in [2.05, 4.69) is 23.1 Å². The first-order valence-corrected chi connectivity index (χ1v) is 14.0. The van der Waals surface area contributed by atoms with Crippen LogP contribution in [0.1, 0.15) is 44.1 Å². The van der Waals surface area contributed by atoms with Crippen molar-refractivity contribution in [1.82, 2.24) is 19.6 Å². The standard InChI is InChI=1S/C29H40N4O4/c34-22-30-13-15-31(16-14-30)28(35)18-23-11-12-32-19-24(23)7-5-17-37-27-10-4-1-6-25(27)20-33(21-29(32)36)26-8-2-3-9-26/h1,4-7,10,22-24,26H,2-3,8-9,11-21H2/b7-5-/t23-,24-/m0/s1. The van der Waals surface area contributed by atoms with E-state index in [0.717, 1.165) is 43.5 Å². The molecule has 3 aliphatic heterocycles. The molecule has 0 radical (unpaired) electrons. The number of nitrogens with zero attached hydrogens (tertiary/aromatic N) is 4. The lowest BCUT2D eigenvalue weighted by Crippen LogP contribution is -2.51. The molecule has 1 aromatic rings. The molecule has 0 N–H and O–H groups in total. The Labute approximate surface area is 220 Å². The van der Waals surface area contributed by atoms with E-state index in [4.69, 9.17) is 4.74 Å². The van der Waals surface area contributed by atoms with Gasteiger partial charge in [0.2, 0.25) is 18.2 Å². The molecule has 8 nitrogen and oxygen atoms in total. The van der Waals surface area contributed by atoms with E-state index >= 15 is 0 Å². The first kappa shape index (κ1) is 25.8. The SMILES string of the molecule is O=CN1CCN(C(=O)C[C@@H]2CCN3C[C@@H]2/C=C\COc2ccccc2CN(C2CCCC2)CC3=O)CC1. The van der Waals surface area contributed by atoms with Gasteiger partial charge >= 0.3 is 0 Å². The lowest BCUT2D eigenvalue weighted by atomic mass is 9.82. The Kier molecular flexibility index (Phi) is 8.44. The van der Waals surface area contributed by atoms with Gasteiger partial charge in [0.25, 0.3) is 0 Å². The number of piperazine rings is 1. The van der Waals surface area contributed by atoms with E-state index in [1.165, 1.54) is 12.8 Å². The monoisotopic (exact) mass is 508 g/mol. The molecule has 1 aliphatic carbocycles. The number of hydrogen-bond acceptors (Lipinski definition) is 5. The summed E-state index contributed by atoms with van der Waals surface area (Å²) in [7, 11) is 0. The molecule has 0 aromatic heterocycles. The number of amides is 3. The predicted octanol–water partition coefficient (Wildman–Crippen LogP) is 2.54. The zero-order valence-electron chi connectivity index (χ0n) is 21.8. The van der Waals surface area contributed by atoms with E-state index in [9.17, 15) is 14.4 Å². The van der Waals surface area contributed by atoms with Crippen LogP contribution in [-0.2, 0) is 20.9 Å². The summed E-state index contributed by atoms with van der Waals surface area (Å²) in [5.41, 5.74) is 1.13. The molecule has 4 aliphatic rings. The largest absolute Gasteiger partial charge is 0.489 e. The topological polar surface area (TPSA) is 73.4 Å². The van der Waals surface area contributed by atoms with Gasteiger partial charge in [0.1, 0.15) is 12.4 Å². The Morgan fingerprint density at radius 2 is 1.78 bits per heavy atom. The first-order valence-electron chi connectivity index (χ1n) is 14.0. The van der Waals surface area contributed by atoms with Gasteiger partial charge in [0, 0.05) is 63.8 Å². The number of benzene rings is 1. The average molecular weight is 509 g/mol. The summed E-state index contributed by atoms with van der Waals surface area (Å²) in [6.07, 6.45) is 11.1. The summed E-state index contributed by atoms with van der Waals surface area (Å²) >= 11 is 0. The van der Waals surface area contributed by atoms with Gasteiger partial charge in [-0.1, -0.05) is 43.2 Å². The minimum atomic E-state index is 0.123. The molecule has 1 saturated carbocycles. The van der Waals surface area contributed by atoms with Crippen molar-refractivity contribution >= 4 is 18.2 Å². The van der Waals surface area contributed by atoms with E-state index < -0.39 is 0 Å². The van der Waals surface area contributed by atoms with Crippen LogP contribution in [-0.4, -0.2) is 96.3 Å². The minimum absolute atomic E-state index is 0.123. The number of fused-ring (bicyclic) bond motifs is 3. The number of hydrogen-bond donors (Lipinski definition) is 0. The van der Waals surface area contributed by atoms with Crippen molar-refractivity contribution in [2.75, 3.05) is 52.4 Å². The summed E-state index contributed by atoms with van der Waals surface area (Å²) in [4.78, 5) is 45.7. The van der Waals surface area contributed by atoms with E-state index in [1.54, 1.807) is 4.90 Å². The fraction of sp³-hybridized carbons (Fsp3) is 0.621. The second kappa shape index (κ2) is 12.1. The van der Waals surface area contributed by atoms with Crippen LogP contribution in [0.15, 0.2) is 36.4 Å². The van der Waals surface area contributed by atoms with Gasteiger partial charge in [-0.15, -0.1) is 0 Å². The number of ether oxygens (including phenoxy) is 1. The van der Waals surface area contributed by atoms with Crippen LogP contribution < -0.4 is 4.74 Å². The molecule has 0 spiro atoms. The number of carbonyl (C=O) groups is 3. The third-order valence-corrected chi connectivity index (χ3v) is 8.66. The molecular formula is C29H40N4O4. The Balaban J connectivity index is 1.31. The Bertz CT molecular complexity index is 984. The molecule has 37 heavy (non-hydrogen) atoms. The molecule has 3 fully saturated rings. The maximum Gasteiger partial charge on any atom is 0.236 e. The Morgan fingerprint density at radius 1 is 1.00 bits per heavy atom. The summed E-state index contributed by atoms with van der Waals surface area (Å²) < 4.78 is 6.19. The molecular weight excluding hydrogens is 468 g/mol. The predicted molar refractivity (Wildman–Crippen MR) is 141 cm³/mol. The van der Waals surface area contributed by atoms with Gasteiger partial charge < -0.3 is 19.4 Å². The number of rotatable bonds is 4. The van der Waals surface area contributed by atoms with Crippen molar-refractivity contribution in [3.8, 4) is 5.75 Å². The van der Waals surface area contributed by atoms with Gasteiger partial charge in [-0.2, -0.15) is 0 Å². The maximum atomic E-state index is 13.6. The van der Waals surface area contributed by atoms with Crippen molar-refractivity contribution in [3.63, 3.8) is 0 Å². The second-order valence-electron chi connectivity index (χ2n) is 11.0. The zero-order valence-corrected chi connectivity index (χ0v) is 21.8. The highest BCUT2D eigenvalue weighted by atomic mass is 16.5. The summed E-state index contributed by atoms with van der Waals surface area (Å²) in [5, 5.41) is 0. The van der Waals surface area contributed by atoms with E-state index in [1.807, 2.05) is 28.0 Å². The second-order valence-corrected chi connectivity index (χ2v) is 11.0. The van der Waals surface area contributed by atoms with Gasteiger partial charge in [0.05, 0.1) is 6.54 Å². The maximum absolute atomic E-state index is 13.6. The van der Waals surface area contributed by atoms with Crippen molar-refractivity contribution in [3.05, 3.63) is 42.0 Å². The van der Waals surface area contributed by atoms with E-state index in [-0.39, 0.29) is 23.7 Å². The Morgan fingerprint density at radius 3 is 2.57 bits per heavy atom. The summed E-state index contributed by atoms with van der Waals surface area (Å²) in [6.45, 7) is 5.37. The normalized spacial score (nSPS) is 26.9. The van der Waals surface area contributed by atoms with Crippen molar-refractivity contribution in [1.29, 1.82) is 0 Å². The van der Waals surface area contributed by atoms with Crippen molar-refractivity contribution < 1.29 is 19.1 Å². The van der Waals surface area contributed by atoms with Crippen LogP contribution in [0.5, 0.6) is 5.75 Å². The van der Waals surface area contributed by atoms with Gasteiger partial charge in [0.15, 0.2) is 0 Å². The summed E-state index contributed by atoms with van der Waals surface area (Å²) in [6, 6.07) is 8.61. The van der Waals surface area contributed by atoms with Crippen molar-refractivity contribution in [2.45, 2.75) is 51.1 Å². The fourth-order valence-electron chi connectivity index (χ4n) is 6.38. The van der Waals surface area contributed by atoms with Gasteiger partial charge in [-0.05, 0) is 37.2 Å². The summed E-state index contributed by atoms with van der Waals surface area (Å²) in [5.74, 6) is 1.55. The van der Waals surface area contributed by atoms with Crippen LogP contribution in [0, 0.1) is 11.8 Å². The van der Waals surface area contributed by atoms with Gasteiger partial charge in [-0.25, -0.2) is 0 Å². The molecule has 0 unspecified atom stereocenters. The molecule has 2 bridgehead atoms. The molecule has 5 rings (SSSR count). The third-order valence-electron chi connectivity index (χ3n) is 8.66. The van der Waals surface area contributed by atoms with Crippen LogP contribution >= 0.6 is 0 Å². The Hall–Kier alpha value is -2.87. The van der Waals surface area contributed by atoms with Gasteiger partial charge in [-0.3, -0.25) is 19.3 Å². The average Bonchev–Trinajstić information content (AvgIpc) is 3.47. The fourth-order valence-corrected chi connectivity index (χ4v) is 6.38. The molecule has 3 amide bonds. The highest BCUT2D eigenvalue weighted by Crippen LogP contribution is 2.31. The lowest BCUT2D eigenvalue weighted by molar-refractivity contribution is -0.138. The molecule has 2 atom stereocenters. The quantitative estimate of drug-likeness (QED) is 0.462. The minimum Gasteiger partial charge on any atom is -0.489 e. The van der Waals surface area contributed by atoms with E-state index in [0.29, 0.717) is 64.9 Å². The molecule has 1 aromatic carbocycles. The number of carbonyl (C=O) groups excluding carboxylic acids is 3. The van der Waals surface area contributed by atoms with Crippen LogP contribution in [0.3, 0.4) is 0 Å². The molecule has 8 heteroatoms. The first-order chi connectivity index (χ1) is 18.1. The zero-order chi connectivity index (χ0) is 25.6. The van der Waals surface area contributed by atoms with Crippen LogP contribution in [0.2, 0.25) is 0 Å². The molecule has 200 valence electrons. The number of para-hydroxylation sites is 1. The highest BCUT2D eigenvalue weighted by Gasteiger charge is 2.34. The highest BCUT2D eigenvalue weighted by molar-refractivity contribution is 5.79. The smallest absolute Gasteiger partial charge is 0.236 e. The van der Waals surface area contributed by atoms with Crippen LogP contribution in [0.25, 0.3) is 0 Å².